The standard InChI is InChI=1S/C9H17BrO4/c1-8(11)9(3-4-10)14-7-13-6-5-12-2/h3-4,8-9,11H,5-7H2,1-2H3/b4-3+/t8-,9-/m0/s1. The molecular formula is C9H17BrO4. The van der Waals surface area contributed by atoms with Crippen molar-refractivity contribution < 1.29 is 19.3 Å². The van der Waals surface area contributed by atoms with Crippen LogP contribution in [0.25, 0.3) is 0 Å². The van der Waals surface area contributed by atoms with Crippen LogP contribution in [0.2, 0.25) is 0 Å². The van der Waals surface area contributed by atoms with Crippen molar-refractivity contribution in [3.63, 3.8) is 0 Å². The topological polar surface area (TPSA) is 47.9 Å². The van der Waals surface area contributed by atoms with Gasteiger partial charge in [-0.3, -0.25) is 0 Å². The first-order valence-corrected chi connectivity index (χ1v) is 5.27. The van der Waals surface area contributed by atoms with E-state index in [2.05, 4.69) is 15.9 Å². The van der Waals surface area contributed by atoms with Gasteiger partial charge in [-0.05, 0) is 18.0 Å². The van der Waals surface area contributed by atoms with Gasteiger partial charge in [-0.15, -0.1) is 0 Å². The van der Waals surface area contributed by atoms with Gasteiger partial charge in [0.15, 0.2) is 0 Å². The molecule has 2 atom stereocenters. The first-order valence-electron chi connectivity index (χ1n) is 4.35. The summed E-state index contributed by atoms with van der Waals surface area (Å²) in [7, 11) is 1.61. The predicted molar refractivity (Wildman–Crippen MR) is 57.3 cm³/mol. The molecule has 4 nitrogen and oxygen atoms in total. The zero-order valence-electron chi connectivity index (χ0n) is 8.48. The van der Waals surface area contributed by atoms with Crippen molar-refractivity contribution in [3.05, 3.63) is 11.1 Å². The van der Waals surface area contributed by atoms with E-state index < -0.39 is 6.10 Å². The van der Waals surface area contributed by atoms with Gasteiger partial charge in [0.2, 0.25) is 0 Å². The minimum Gasteiger partial charge on any atom is -0.390 e. The van der Waals surface area contributed by atoms with Crippen LogP contribution >= 0.6 is 15.9 Å². The monoisotopic (exact) mass is 268 g/mol. The minimum absolute atomic E-state index is 0.149. The summed E-state index contributed by atoms with van der Waals surface area (Å²) in [6.45, 7) is 2.83. The van der Waals surface area contributed by atoms with Gasteiger partial charge in [0.1, 0.15) is 12.9 Å². The second-order valence-corrected chi connectivity index (χ2v) is 3.24. The van der Waals surface area contributed by atoms with Gasteiger partial charge >= 0.3 is 0 Å². The summed E-state index contributed by atoms with van der Waals surface area (Å²) in [5, 5.41) is 9.27. The predicted octanol–water partition coefficient (Wildman–Crippen LogP) is 1.28. The Labute approximate surface area is 93.0 Å². The van der Waals surface area contributed by atoms with Gasteiger partial charge in [-0.25, -0.2) is 0 Å². The zero-order chi connectivity index (χ0) is 10.8. The fraction of sp³-hybridized carbons (Fsp3) is 0.778. The first-order chi connectivity index (χ1) is 6.72. The third kappa shape index (κ3) is 7.46. The van der Waals surface area contributed by atoms with Crippen molar-refractivity contribution >= 4 is 15.9 Å². The van der Waals surface area contributed by atoms with Gasteiger partial charge in [0.05, 0.1) is 19.3 Å². The lowest BCUT2D eigenvalue weighted by atomic mass is 10.2. The van der Waals surface area contributed by atoms with Gasteiger partial charge in [0.25, 0.3) is 0 Å². The van der Waals surface area contributed by atoms with E-state index in [0.717, 1.165) is 0 Å². The number of methoxy groups -OCH3 is 1. The summed E-state index contributed by atoms with van der Waals surface area (Å²) in [4.78, 5) is 1.65. The molecule has 0 unspecified atom stereocenters. The lowest BCUT2D eigenvalue weighted by Crippen LogP contribution is -2.25. The highest BCUT2D eigenvalue weighted by Gasteiger charge is 2.11. The van der Waals surface area contributed by atoms with Crippen molar-refractivity contribution in [1.29, 1.82) is 0 Å². The quantitative estimate of drug-likeness (QED) is 0.532. The molecule has 0 radical (unpaired) electrons. The molecule has 0 aromatic heterocycles. The number of hydrogen-bond donors (Lipinski definition) is 1. The van der Waals surface area contributed by atoms with Crippen LogP contribution in [-0.2, 0) is 14.2 Å². The Morgan fingerprint density at radius 1 is 1.43 bits per heavy atom. The molecule has 0 fully saturated rings. The highest BCUT2D eigenvalue weighted by atomic mass is 79.9. The number of aliphatic hydroxyl groups is 1. The minimum atomic E-state index is -0.560. The van der Waals surface area contributed by atoms with Crippen LogP contribution < -0.4 is 0 Å². The van der Waals surface area contributed by atoms with E-state index in [1.54, 1.807) is 25.1 Å². The zero-order valence-corrected chi connectivity index (χ0v) is 10.1. The second-order valence-electron chi connectivity index (χ2n) is 2.71. The second kappa shape index (κ2) is 9.61. The fourth-order valence-electron chi connectivity index (χ4n) is 0.755. The van der Waals surface area contributed by atoms with Gasteiger partial charge in [-0.2, -0.15) is 0 Å². The average molecular weight is 269 g/mol. The molecule has 84 valence electrons. The maximum atomic E-state index is 9.27. The first kappa shape index (κ1) is 14.1. The summed E-state index contributed by atoms with van der Waals surface area (Å²) in [6, 6.07) is 0. The highest BCUT2D eigenvalue weighted by molar-refractivity contribution is 9.11. The summed E-state index contributed by atoms with van der Waals surface area (Å²) in [5.41, 5.74) is 0. The average Bonchev–Trinajstić information content (AvgIpc) is 2.15. The number of ether oxygens (including phenoxy) is 3. The van der Waals surface area contributed by atoms with Crippen LogP contribution in [0.4, 0.5) is 0 Å². The summed E-state index contributed by atoms with van der Waals surface area (Å²) in [6.07, 6.45) is 0.802. The summed E-state index contributed by atoms with van der Waals surface area (Å²) < 4.78 is 15.1. The molecule has 0 aliphatic heterocycles. The Balaban J connectivity index is 3.51. The number of aliphatic hydroxyl groups excluding tert-OH is 1. The third-order valence-electron chi connectivity index (χ3n) is 1.51. The lowest BCUT2D eigenvalue weighted by molar-refractivity contribution is -0.110. The molecule has 0 bridgehead atoms. The summed E-state index contributed by atoms with van der Waals surface area (Å²) >= 11 is 3.12. The van der Waals surface area contributed by atoms with Crippen molar-refractivity contribution in [2.45, 2.75) is 19.1 Å². The lowest BCUT2D eigenvalue weighted by Gasteiger charge is -2.16. The van der Waals surface area contributed by atoms with Gasteiger partial charge in [0, 0.05) is 7.11 Å². The smallest absolute Gasteiger partial charge is 0.147 e. The molecule has 0 aliphatic carbocycles. The van der Waals surface area contributed by atoms with Crippen LogP contribution in [0.1, 0.15) is 6.92 Å². The van der Waals surface area contributed by atoms with Gasteiger partial charge < -0.3 is 19.3 Å². The molecule has 0 aliphatic rings. The molecular weight excluding hydrogens is 252 g/mol. The van der Waals surface area contributed by atoms with Crippen LogP contribution in [0.3, 0.4) is 0 Å². The van der Waals surface area contributed by atoms with E-state index in [9.17, 15) is 5.11 Å². The van der Waals surface area contributed by atoms with Crippen LogP contribution in [0, 0.1) is 0 Å². The molecule has 0 aromatic rings. The van der Waals surface area contributed by atoms with Crippen molar-refractivity contribution in [2.24, 2.45) is 0 Å². The molecule has 14 heavy (non-hydrogen) atoms. The molecule has 5 heteroatoms. The molecule has 0 saturated carbocycles. The summed E-state index contributed by atoms with van der Waals surface area (Å²) in [5.74, 6) is 0. The van der Waals surface area contributed by atoms with Crippen LogP contribution in [0.5, 0.6) is 0 Å². The molecule has 0 aromatic carbocycles. The van der Waals surface area contributed by atoms with Gasteiger partial charge in [-0.1, -0.05) is 15.9 Å². The Bertz CT molecular complexity index is 150. The molecule has 0 spiro atoms. The van der Waals surface area contributed by atoms with Crippen molar-refractivity contribution in [3.8, 4) is 0 Å². The number of halogens is 1. The fourth-order valence-corrected chi connectivity index (χ4v) is 1.06. The molecule has 1 N–H and O–H groups in total. The maximum absolute atomic E-state index is 9.27. The van der Waals surface area contributed by atoms with Crippen LogP contribution in [-0.4, -0.2) is 44.4 Å². The molecule has 0 saturated heterocycles. The van der Waals surface area contributed by atoms with E-state index in [0.29, 0.717) is 13.2 Å². The maximum Gasteiger partial charge on any atom is 0.147 e. The number of hydrogen-bond acceptors (Lipinski definition) is 4. The number of rotatable bonds is 8. The van der Waals surface area contributed by atoms with Crippen molar-refractivity contribution in [2.75, 3.05) is 27.1 Å². The Hall–Kier alpha value is 0.0600. The Kier molecular flexibility index (Phi) is 9.65. The van der Waals surface area contributed by atoms with E-state index in [1.807, 2.05) is 0 Å². The molecule has 0 rings (SSSR count). The van der Waals surface area contributed by atoms with Crippen LogP contribution in [0.15, 0.2) is 11.1 Å². The van der Waals surface area contributed by atoms with Crippen molar-refractivity contribution in [1.82, 2.24) is 0 Å². The normalized spacial score (nSPS) is 16.0. The Morgan fingerprint density at radius 2 is 2.14 bits per heavy atom. The van der Waals surface area contributed by atoms with E-state index >= 15 is 0 Å². The molecule has 0 amide bonds. The van der Waals surface area contributed by atoms with E-state index in [-0.39, 0.29) is 12.9 Å². The highest BCUT2D eigenvalue weighted by Crippen LogP contribution is 2.03. The SMILES string of the molecule is COCCOCO[C@@H](/C=C/Br)[C@H](C)O. The van der Waals surface area contributed by atoms with E-state index in [4.69, 9.17) is 14.2 Å². The Morgan fingerprint density at radius 3 is 2.64 bits per heavy atom. The van der Waals surface area contributed by atoms with E-state index in [1.165, 1.54) is 0 Å². The molecule has 0 heterocycles. The third-order valence-corrected chi connectivity index (χ3v) is 1.82. The largest absolute Gasteiger partial charge is 0.390 e.